The van der Waals surface area contributed by atoms with Crippen molar-refractivity contribution in [3.8, 4) is 0 Å². The van der Waals surface area contributed by atoms with Crippen molar-refractivity contribution in [3.05, 3.63) is 28.2 Å². The summed E-state index contributed by atoms with van der Waals surface area (Å²) in [5.41, 5.74) is 7.69. The molecule has 0 spiro atoms. The average Bonchev–Trinajstić information content (AvgIpc) is 2.30. The van der Waals surface area contributed by atoms with E-state index in [1.807, 2.05) is 25.1 Å². The number of anilines is 1. The summed E-state index contributed by atoms with van der Waals surface area (Å²) in [6.45, 7) is 3.02. The van der Waals surface area contributed by atoms with Gasteiger partial charge in [-0.25, -0.2) is 0 Å². The average molecular weight is 299 g/mol. The first kappa shape index (κ1) is 12.5. The molecule has 0 radical (unpaired) electrons. The molecule has 4 nitrogen and oxygen atoms in total. The molecule has 1 atom stereocenters. The van der Waals surface area contributed by atoms with Gasteiger partial charge in [0.05, 0.1) is 18.3 Å². The summed E-state index contributed by atoms with van der Waals surface area (Å²) in [7, 11) is 0. The number of amides is 1. The zero-order chi connectivity index (χ0) is 12.4. The Kier molecular flexibility index (Phi) is 3.81. The Morgan fingerprint density at radius 2 is 2.35 bits per heavy atom. The Labute approximate surface area is 109 Å². The van der Waals surface area contributed by atoms with Crippen LogP contribution >= 0.6 is 15.9 Å². The Hall–Kier alpha value is -0.910. The molecule has 0 aliphatic carbocycles. The molecule has 5 heteroatoms. The Balaban J connectivity index is 2.38. The quantitative estimate of drug-likeness (QED) is 0.899. The summed E-state index contributed by atoms with van der Waals surface area (Å²) in [6.07, 6.45) is 0. The lowest BCUT2D eigenvalue weighted by molar-refractivity contribution is -0.127. The maximum absolute atomic E-state index is 11.9. The van der Waals surface area contributed by atoms with E-state index in [4.69, 9.17) is 10.5 Å². The van der Waals surface area contributed by atoms with Crippen molar-refractivity contribution >= 4 is 27.5 Å². The van der Waals surface area contributed by atoms with Crippen molar-refractivity contribution in [2.75, 3.05) is 24.7 Å². The summed E-state index contributed by atoms with van der Waals surface area (Å²) in [4.78, 5) is 13.7. The predicted molar refractivity (Wildman–Crippen MR) is 70.0 cm³/mol. The largest absolute Gasteiger partial charge is 0.369 e. The number of nitrogens with two attached hydrogens (primary N) is 1. The van der Waals surface area contributed by atoms with Gasteiger partial charge in [-0.15, -0.1) is 0 Å². The van der Waals surface area contributed by atoms with Gasteiger partial charge in [-0.2, -0.15) is 0 Å². The molecule has 0 bridgehead atoms. The van der Waals surface area contributed by atoms with Gasteiger partial charge in [-0.3, -0.25) is 4.79 Å². The number of halogens is 1. The molecule has 17 heavy (non-hydrogen) atoms. The highest BCUT2D eigenvalue weighted by atomic mass is 79.9. The van der Waals surface area contributed by atoms with Gasteiger partial charge in [0.25, 0.3) is 5.91 Å². The van der Waals surface area contributed by atoms with Crippen LogP contribution in [-0.4, -0.2) is 31.7 Å². The molecule has 92 valence electrons. The zero-order valence-electron chi connectivity index (χ0n) is 9.65. The van der Waals surface area contributed by atoms with Crippen LogP contribution in [0.15, 0.2) is 22.7 Å². The van der Waals surface area contributed by atoms with Crippen molar-refractivity contribution in [1.82, 2.24) is 0 Å². The maximum atomic E-state index is 11.9. The van der Waals surface area contributed by atoms with E-state index in [-0.39, 0.29) is 18.6 Å². The fourth-order valence-corrected chi connectivity index (χ4v) is 2.63. The van der Waals surface area contributed by atoms with Crippen molar-refractivity contribution < 1.29 is 9.53 Å². The Bertz CT molecular complexity index is 437. The minimum atomic E-state index is -0.0877. The third kappa shape index (κ3) is 2.51. The molecule has 1 aromatic rings. The number of ether oxygens (including phenoxy) is 1. The van der Waals surface area contributed by atoms with Crippen LogP contribution in [0.4, 0.5) is 5.69 Å². The molecule has 1 fully saturated rings. The van der Waals surface area contributed by atoms with Crippen LogP contribution in [0.3, 0.4) is 0 Å². The number of carbonyl (C=O) groups is 1. The van der Waals surface area contributed by atoms with Gasteiger partial charge in [-0.05, 0) is 40.5 Å². The molecule has 1 aromatic carbocycles. The molecule has 1 unspecified atom stereocenters. The van der Waals surface area contributed by atoms with E-state index in [9.17, 15) is 4.79 Å². The fourth-order valence-electron chi connectivity index (χ4n) is 1.94. The Morgan fingerprint density at radius 1 is 1.59 bits per heavy atom. The molecule has 1 saturated heterocycles. The number of carbonyl (C=O) groups excluding carboxylic acids is 1. The molecule has 0 aromatic heterocycles. The molecular weight excluding hydrogens is 284 g/mol. The molecule has 0 saturated carbocycles. The van der Waals surface area contributed by atoms with E-state index in [1.165, 1.54) is 0 Å². The minimum absolute atomic E-state index is 0.0451. The van der Waals surface area contributed by atoms with Gasteiger partial charge in [0.2, 0.25) is 0 Å². The first-order chi connectivity index (χ1) is 8.13. The second kappa shape index (κ2) is 5.16. The van der Waals surface area contributed by atoms with Gasteiger partial charge in [-0.1, -0.05) is 6.07 Å². The number of aryl methyl sites for hydroxylation is 1. The highest BCUT2D eigenvalue weighted by Gasteiger charge is 2.30. The number of morpholine rings is 1. The smallest absolute Gasteiger partial charge is 0.253 e. The van der Waals surface area contributed by atoms with E-state index in [2.05, 4.69) is 15.9 Å². The van der Waals surface area contributed by atoms with Gasteiger partial charge in [0.15, 0.2) is 0 Å². The van der Waals surface area contributed by atoms with Crippen molar-refractivity contribution in [2.24, 2.45) is 5.73 Å². The van der Waals surface area contributed by atoms with Crippen LogP contribution in [0, 0.1) is 6.92 Å². The maximum Gasteiger partial charge on any atom is 0.253 e. The molecule has 1 aliphatic heterocycles. The summed E-state index contributed by atoms with van der Waals surface area (Å²) < 4.78 is 6.12. The first-order valence-corrected chi connectivity index (χ1v) is 6.29. The SMILES string of the molecule is Cc1ccc(N2C(=O)COCC2CN)c(Br)c1. The number of hydrogen-bond acceptors (Lipinski definition) is 3. The van der Waals surface area contributed by atoms with Gasteiger partial charge in [0, 0.05) is 11.0 Å². The Morgan fingerprint density at radius 3 is 3.00 bits per heavy atom. The van der Waals surface area contributed by atoms with Crippen molar-refractivity contribution in [1.29, 1.82) is 0 Å². The standard InChI is InChI=1S/C12H15BrN2O2/c1-8-2-3-11(10(13)4-8)15-9(5-14)6-17-7-12(15)16/h2-4,9H,5-7,14H2,1H3. The van der Waals surface area contributed by atoms with Crippen LogP contribution in [0.1, 0.15) is 5.56 Å². The van der Waals surface area contributed by atoms with E-state index in [0.717, 1.165) is 15.7 Å². The van der Waals surface area contributed by atoms with Crippen LogP contribution in [0.2, 0.25) is 0 Å². The fraction of sp³-hybridized carbons (Fsp3) is 0.417. The summed E-state index contributed by atoms with van der Waals surface area (Å²) in [6, 6.07) is 5.82. The van der Waals surface area contributed by atoms with E-state index < -0.39 is 0 Å². The third-order valence-corrected chi connectivity index (χ3v) is 3.44. The molecular formula is C12H15BrN2O2. The second-order valence-electron chi connectivity index (χ2n) is 4.12. The van der Waals surface area contributed by atoms with Crippen LogP contribution in [0.5, 0.6) is 0 Å². The lowest BCUT2D eigenvalue weighted by atomic mass is 10.1. The van der Waals surface area contributed by atoms with Crippen LogP contribution in [0.25, 0.3) is 0 Å². The monoisotopic (exact) mass is 298 g/mol. The number of hydrogen-bond donors (Lipinski definition) is 1. The van der Waals surface area contributed by atoms with Crippen molar-refractivity contribution in [2.45, 2.75) is 13.0 Å². The molecule has 1 heterocycles. The minimum Gasteiger partial charge on any atom is -0.369 e. The predicted octanol–water partition coefficient (Wildman–Crippen LogP) is 1.45. The zero-order valence-corrected chi connectivity index (χ0v) is 11.2. The molecule has 2 rings (SSSR count). The molecule has 2 N–H and O–H groups in total. The lowest BCUT2D eigenvalue weighted by Crippen LogP contribution is -2.53. The summed E-state index contributed by atoms with van der Waals surface area (Å²) in [5.74, 6) is -0.0451. The summed E-state index contributed by atoms with van der Waals surface area (Å²) in [5, 5.41) is 0. The second-order valence-corrected chi connectivity index (χ2v) is 4.98. The first-order valence-electron chi connectivity index (χ1n) is 5.49. The van der Waals surface area contributed by atoms with E-state index in [1.54, 1.807) is 4.90 Å². The molecule has 1 amide bonds. The van der Waals surface area contributed by atoms with Crippen LogP contribution in [-0.2, 0) is 9.53 Å². The number of benzene rings is 1. The lowest BCUT2D eigenvalue weighted by Gasteiger charge is -2.35. The summed E-state index contributed by atoms with van der Waals surface area (Å²) >= 11 is 3.49. The normalized spacial score (nSPS) is 20.8. The van der Waals surface area contributed by atoms with Crippen LogP contribution < -0.4 is 10.6 Å². The highest BCUT2D eigenvalue weighted by molar-refractivity contribution is 9.10. The number of rotatable bonds is 2. The topological polar surface area (TPSA) is 55.6 Å². The highest BCUT2D eigenvalue weighted by Crippen LogP contribution is 2.30. The third-order valence-electron chi connectivity index (χ3n) is 2.80. The van der Waals surface area contributed by atoms with Gasteiger partial charge < -0.3 is 15.4 Å². The van der Waals surface area contributed by atoms with E-state index >= 15 is 0 Å². The number of nitrogens with zero attached hydrogens (tertiary/aromatic N) is 1. The molecule has 1 aliphatic rings. The van der Waals surface area contributed by atoms with Gasteiger partial charge >= 0.3 is 0 Å². The van der Waals surface area contributed by atoms with E-state index in [0.29, 0.717) is 13.2 Å². The van der Waals surface area contributed by atoms with Gasteiger partial charge in [0.1, 0.15) is 6.61 Å². The van der Waals surface area contributed by atoms with Crippen molar-refractivity contribution in [3.63, 3.8) is 0 Å².